The van der Waals surface area contributed by atoms with Gasteiger partial charge < -0.3 is 9.64 Å². The van der Waals surface area contributed by atoms with Crippen molar-refractivity contribution in [1.29, 1.82) is 0 Å². The molecule has 0 aliphatic carbocycles. The maximum Gasteiger partial charge on any atom is 0.252 e. The van der Waals surface area contributed by atoms with Crippen LogP contribution in [0.5, 0.6) is 5.75 Å². The zero-order valence-electron chi connectivity index (χ0n) is 15.9. The van der Waals surface area contributed by atoms with Gasteiger partial charge in [0.15, 0.2) is 15.0 Å². The lowest BCUT2D eigenvalue weighted by molar-refractivity contribution is -0.117. The highest BCUT2D eigenvalue weighted by molar-refractivity contribution is 8.16. The van der Waals surface area contributed by atoms with Crippen molar-refractivity contribution in [2.75, 3.05) is 23.5 Å². The minimum absolute atomic E-state index is 0.0133. The van der Waals surface area contributed by atoms with Gasteiger partial charge in [-0.3, -0.25) is 4.79 Å². The third-order valence-corrected chi connectivity index (χ3v) is 8.48. The zero-order chi connectivity index (χ0) is 21.5. The van der Waals surface area contributed by atoms with Gasteiger partial charge in [-0.25, -0.2) is 12.8 Å². The number of carbonyl (C=O) groups excluding carboxylic acids is 1. The number of anilines is 1. The molecular weight excluding hydrogens is 451 g/mol. The second-order valence-electron chi connectivity index (χ2n) is 7.08. The number of hydrogen-bond acceptors (Lipinski definition) is 5. The van der Waals surface area contributed by atoms with E-state index in [1.165, 1.54) is 30.0 Å². The van der Waals surface area contributed by atoms with E-state index in [0.717, 1.165) is 5.56 Å². The quantitative estimate of drug-likeness (QED) is 0.685. The molecule has 0 bridgehead atoms. The van der Waals surface area contributed by atoms with Crippen LogP contribution in [0.15, 0.2) is 47.5 Å². The van der Waals surface area contributed by atoms with E-state index in [4.69, 9.17) is 16.3 Å². The lowest BCUT2D eigenvalue weighted by atomic mass is 10.1. The topological polar surface area (TPSA) is 76.0 Å². The summed E-state index contributed by atoms with van der Waals surface area (Å²) in [7, 11) is -1.63. The molecule has 2 atom stereocenters. The highest BCUT2D eigenvalue weighted by Crippen LogP contribution is 2.41. The van der Waals surface area contributed by atoms with E-state index in [2.05, 4.69) is 4.99 Å². The fourth-order valence-electron chi connectivity index (χ4n) is 3.57. The summed E-state index contributed by atoms with van der Waals surface area (Å²) in [5.41, 5.74) is 1.29. The first-order valence-corrected chi connectivity index (χ1v) is 12.2. The van der Waals surface area contributed by atoms with E-state index < -0.39 is 15.7 Å². The standard InChI is InChI=1S/C20H18ClFN2O4S2/c1-28-14-5-2-12(3-6-14)8-19(25)23-20-24(13-4-7-16(22)15(21)9-13)17-10-30(26,27)11-18(17)29-20/h2-7,9,17-18H,8,10-11H2,1H3/t17-,18+/m1/s1. The van der Waals surface area contributed by atoms with Crippen LogP contribution in [0.25, 0.3) is 0 Å². The van der Waals surface area contributed by atoms with Crippen molar-refractivity contribution >= 4 is 50.0 Å². The van der Waals surface area contributed by atoms with Crippen molar-refractivity contribution in [2.45, 2.75) is 17.7 Å². The lowest BCUT2D eigenvalue weighted by Gasteiger charge is -2.24. The molecule has 0 unspecified atom stereocenters. The first kappa shape index (κ1) is 21.1. The maximum absolute atomic E-state index is 13.6. The number of hydrogen-bond donors (Lipinski definition) is 0. The number of fused-ring (bicyclic) bond motifs is 1. The van der Waals surface area contributed by atoms with Crippen LogP contribution < -0.4 is 9.64 Å². The van der Waals surface area contributed by atoms with E-state index in [9.17, 15) is 17.6 Å². The van der Waals surface area contributed by atoms with E-state index in [-0.39, 0.29) is 40.1 Å². The molecule has 10 heteroatoms. The van der Waals surface area contributed by atoms with Crippen LogP contribution in [-0.4, -0.2) is 49.4 Å². The predicted octanol–water partition coefficient (Wildman–Crippen LogP) is 3.33. The molecule has 0 N–H and O–H groups in total. The smallest absolute Gasteiger partial charge is 0.252 e. The molecule has 1 amide bonds. The van der Waals surface area contributed by atoms with E-state index >= 15 is 0 Å². The van der Waals surface area contributed by atoms with Gasteiger partial charge in [-0.05, 0) is 35.9 Å². The first-order valence-electron chi connectivity index (χ1n) is 9.11. The van der Waals surface area contributed by atoms with Gasteiger partial charge in [-0.1, -0.05) is 35.5 Å². The number of nitrogens with zero attached hydrogens (tertiary/aromatic N) is 2. The summed E-state index contributed by atoms with van der Waals surface area (Å²) in [6.45, 7) is 0. The number of benzene rings is 2. The van der Waals surface area contributed by atoms with E-state index in [0.29, 0.717) is 16.6 Å². The molecule has 0 aromatic heterocycles. The fourth-order valence-corrected chi connectivity index (χ4v) is 7.67. The van der Waals surface area contributed by atoms with Crippen LogP contribution >= 0.6 is 23.4 Å². The molecule has 2 fully saturated rings. The Morgan fingerprint density at radius 1 is 1.27 bits per heavy atom. The molecule has 6 nitrogen and oxygen atoms in total. The van der Waals surface area contributed by atoms with Gasteiger partial charge in [0.1, 0.15) is 11.6 Å². The lowest BCUT2D eigenvalue weighted by Crippen LogP contribution is -2.37. The highest BCUT2D eigenvalue weighted by atomic mass is 35.5. The van der Waals surface area contributed by atoms with Crippen LogP contribution in [0, 0.1) is 5.82 Å². The molecule has 0 radical (unpaired) electrons. The Morgan fingerprint density at radius 2 is 2.00 bits per heavy atom. The molecule has 158 valence electrons. The second-order valence-corrected chi connectivity index (χ2v) is 10.8. The van der Waals surface area contributed by atoms with Gasteiger partial charge in [0.05, 0.1) is 36.1 Å². The summed E-state index contributed by atoms with van der Waals surface area (Å²) in [6, 6.07) is 10.9. The molecule has 2 aliphatic rings. The third-order valence-electron chi connectivity index (χ3n) is 4.98. The molecule has 2 aromatic carbocycles. The normalized spacial score (nSPS) is 23.6. The molecule has 0 spiro atoms. The first-order chi connectivity index (χ1) is 14.3. The Bertz CT molecular complexity index is 1120. The molecule has 2 aliphatic heterocycles. The van der Waals surface area contributed by atoms with Crippen molar-refractivity contribution in [2.24, 2.45) is 4.99 Å². The van der Waals surface area contributed by atoms with E-state index in [1.54, 1.807) is 36.3 Å². The molecule has 30 heavy (non-hydrogen) atoms. The number of carbonyl (C=O) groups is 1. The van der Waals surface area contributed by atoms with Crippen molar-refractivity contribution in [3.05, 3.63) is 58.9 Å². The minimum Gasteiger partial charge on any atom is -0.497 e. The number of halogens is 2. The molecular formula is C20H18ClFN2O4S2. The van der Waals surface area contributed by atoms with Crippen molar-refractivity contribution in [1.82, 2.24) is 0 Å². The molecule has 2 aromatic rings. The number of methoxy groups -OCH3 is 1. The number of sulfone groups is 1. The van der Waals surface area contributed by atoms with Gasteiger partial charge in [-0.2, -0.15) is 4.99 Å². The number of ether oxygens (including phenoxy) is 1. The Kier molecular flexibility index (Phi) is 5.78. The summed E-state index contributed by atoms with van der Waals surface area (Å²) in [6.07, 6.45) is 0.0969. The second kappa shape index (κ2) is 8.20. The molecule has 2 saturated heterocycles. The van der Waals surface area contributed by atoms with Crippen molar-refractivity contribution in [3.8, 4) is 5.75 Å². The Hall–Kier alpha value is -2.10. The number of aliphatic imine (C=N–C) groups is 1. The summed E-state index contributed by atoms with van der Waals surface area (Å²) in [5.74, 6) is -0.275. The van der Waals surface area contributed by atoms with Crippen LogP contribution in [0.2, 0.25) is 5.02 Å². The van der Waals surface area contributed by atoms with Gasteiger partial charge in [0.25, 0.3) is 5.91 Å². The van der Waals surface area contributed by atoms with Crippen LogP contribution in [0.1, 0.15) is 5.56 Å². The van der Waals surface area contributed by atoms with Crippen molar-refractivity contribution in [3.63, 3.8) is 0 Å². The van der Waals surface area contributed by atoms with Gasteiger partial charge in [-0.15, -0.1) is 0 Å². The van der Waals surface area contributed by atoms with E-state index in [1.807, 2.05) is 0 Å². The Labute approximate surface area is 183 Å². The van der Waals surface area contributed by atoms with Crippen LogP contribution in [-0.2, 0) is 21.1 Å². The number of thioether (sulfide) groups is 1. The molecule has 2 heterocycles. The van der Waals surface area contributed by atoms with Crippen LogP contribution in [0.4, 0.5) is 10.1 Å². The number of amides is 1. The van der Waals surface area contributed by atoms with Gasteiger partial charge >= 0.3 is 0 Å². The third kappa shape index (κ3) is 4.33. The van der Waals surface area contributed by atoms with Gasteiger partial charge in [0, 0.05) is 10.9 Å². The summed E-state index contributed by atoms with van der Waals surface area (Å²) in [4.78, 5) is 18.6. The highest BCUT2D eigenvalue weighted by Gasteiger charge is 2.49. The van der Waals surface area contributed by atoms with Crippen LogP contribution in [0.3, 0.4) is 0 Å². The van der Waals surface area contributed by atoms with Gasteiger partial charge in [0.2, 0.25) is 0 Å². The average Bonchev–Trinajstić information content (AvgIpc) is 3.15. The summed E-state index contributed by atoms with van der Waals surface area (Å²) in [5, 5.41) is 0.0816. The minimum atomic E-state index is -3.19. The predicted molar refractivity (Wildman–Crippen MR) is 117 cm³/mol. The Balaban J connectivity index is 1.62. The van der Waals surface area contributed by atoms with Crippen molar-refractivity contribution < 1.29 is 22.3 Å². The average molecular weight is 469 g/mol. The summed E-state index contributed by atoms with van der Waals surface area (Å²) < 4.78 is 43.0. The molecule has 0 saturated carbocycles. The summed E-state index contributed by atoms with van der Waals surface area (Å²) >= 11 is 7.19. The Morgan fingerprint density at radius 3 is 2.67 bits per heavy atom. The number of amidine groups is 1. The maximum atomic E-state index is 13.6. The molecule has 4 rings (SSSR count). The zero-order valence-corrected chi connectivity index (χ0v) is 18.3. The number of rotatable bonds is 4. The SMILES string of the molecule is COc1ccc(CC(=O)N=C2S[C@H]3CS(=O)(=O)C[C@H]3N2c2ccc(F)c(Cl)c2)cc1. The fraction of sp³-hybridized carbons (Fsp3) is 0.300. The largest absolute Gasteiger partial charge is 0.497 e. The monoisotopic (exact) mass is 468 g/mol.